The topological polar surface area (TPSA) is 0 Å². The summed E-state index contributed by atoms with van der Waals surface area (Å²) in [6.45, 7) is 15.3. The van der Waals surface area contributed by atoms with Gasteiger partial charge in [-0.1, -0.05) is 57.4 Å². The van der Waals surface area contributed by atoms with Crippen LogP contribution in [0.15, 0.2) is 0 Å². The maximum atomic E-state index is 2.58. The lowest BCUT2D eigenvalue weighted by Gasteiger charge is -2.34. The third-order valence-corrected chi connectivity index (χ3v) is 13.3. The molecule has 0 saturated carbocycles. The highest BCUT2D eigenvalue weighted by Gasteiger charge is 2.38. The van der Waals surface area contributed by atoms with Gasteiger partial charge in [0.1, 0.15) is 0 Å². The minimum absolute atomic E-state index is 0.306. The molecule has 0 spiro atoms. The van der Waals surface area contributed by atoms with Gasteiger partial charge in [0.25, 0.3) is 0 Å². The molecule has 2 aliphatic rings. The van der Waals surface area contributed by atoms with Gasteiger partial charge in [0.15, 0.2) is 0 Å². The van der Waals surface area contributed by atoms with Gasteiger partial charge in [-0.25, -0.2) is 0 Å². The minimum atomic E-state index is 0.306. The van der Waals surface area contributed by atoms with E-state index in [2.05, 4.69) is 41.5 Å². The third-order valence-electron chi connectivity index (χ3n) is 5.74. The van der Waals surface area contributed by atoms with Gasteiger partial charge in [-0.2, -0.15) is 0 Å². The molecule has 2 heterocycles. The predicted octanol–water partition coefficient (Wildman–Crippen LogP) is 6.26. The molecule has 0 aromatic heterocycles. The normalized spacial score (nSPS) is 40.7. The van der Waals surface area contributed by atoms with E-state index in [4.69, 9.17) is 0 Å². The second kappa shape index (κ2) is 6.75. The molecule has 19 heavy (non-hydrogen) atoms. The Morgan fingerprint density at radius 3 is 1.21 bits per heavy atom. The number of rotatable bonds is 4. The largest absolute Gasteiger partial charge is 0.0980 e. The Bertz CT molecular complexity index is 243. The van der Waals surface area contributed by atoms with Crippen LogP contribution < -0.4 is 0 Å². The van der Waals surface area contributed by atoms with Crippen molar-refractivity contribution in [3.63, 3.8) is 0 Å². The summed E-state index contributed by atoms with van der Waals surface area (Å²) in [4.78, 5) is 0. The Kier molecular flexibility index (Phi) is 5.77. The van der Waals surface area contributed by atoms with E-state index in [9.17, 15) is 0 Å². The van der Waals surface area contributed by atoms with E-state index >= 15 is 0 Å². The van der Waals surface area contributed by atoms with Gasteiger partial charge < -0.3 is 0 Å². The summed E-state index contributed by atoms with van der Waals surface area (Å²) >= 11 is 0. The Hall–Kier alpha value is 0.860. The molecule has 2 aliphatic heterocycles. The van der Waals surface area contributed by atoms with Crippen LogP contribution in [0.25, 0.3) is 0 Å². The molecule has 2 heteroatoms. The third kappa shape index (κ3) is 3.55. The van der Waals surface area contributed by atoms with Gasteiger partial charge in [-0.05, 0) is 66.1 Å². The predicted molar refractivity (Wildman–Crippen MR) is 93.7 cm³/mol. The Labute approximate surface area is 124 Å². The Morgan fingerprint density at radius 2 is 0.947 bits per heavy atom. The molecule has 0 bridgehead atoms. The second-order valence-electron chi connectivity index (χ2n) is 7.38. The van der Waals surface area contributed by atoms with Crippen LogP contribution in [0.3, 0.4) is 0 Å². The summed E-state index contributed by atoms with van der Waals surface area (Å²) in [6, 6.07) is 0. The molecular weight excluding hydrogens is 266 g/mol. The van der Waals surface area contributed by atoms with E-state index in [1.54, 1.807) is 0 Å². The maximum absolute atomic E-state index is 2.58. The van der Waals surface area contributed by atoms with Crippen molar-refractivity contribution in [2.45, 2.75) is 108 Å². The van der Waals surface area contributed by atoms with E-state index in [0.29, 0.717) is 15.8 Å². The van der Waals surface area contributed by atoms with Gasteiger partial charge in [0, 0.05) is 0 Å². The quantitative estimate of drug-likeness (QED) is 0.538. The standard InChI is InChI=1S/C17H34P2/c1-12-7-8-13(2)18(12)16(5)11-17(6)19-14(3)9-10-15(19)4/h12-17H,7-11H2,1-6H3/t12-,13-,14-,15-,16+,17+/m1/s1. The van der Waals surface area contributed by atoms with E-state index < -0.39 is 0 Å². The highest BCUT2D eigenvalue weighted by Crippen LogP contribution is 2.64. The molecule has 2 saturated heterocycles. The smallest absolute Gasteiger partial charge is 0.0227 e. The van der Waals surface area contributed by atoms with Crippen molar-refractivity contribution >= 4 is 15.8 Å². The van der Waals surface area contributed by atoms with E-state index in [0.717, 1.165) is 34.0 Å². The number of hydrogen-bond acceptors (Lipinski definition) is 0. The van der Waals surface area contributed by atoms with E-state index in [-0.39, 0.29) is 0 Å². The molecule has 0 nitrogen and oxygen atoms in total. The zero-order chi connectivity index (χ0) is 14.2. The highest BCUT2D eigenvalue weighted by molar-refractivity contribution is 7.61. The summed E-state index contributed by atoms with van der Waals surface area (Å²) in [7, 11) is 0.612. The minimum Gasteiger partial charge on any atom is -0.0980 e. The molecule has 0 aliphatic carbocycles. The van der Waals surface area contributed by atoms with Gasteiger partial charge in [-0.3, -0.25) is 0 Å². The number of hydrogen-bond donors (Lipinski definition) is 0. The fourth-order valence-corrected chi connectivity index (χ4v) is 13.2. The maximum Gasteiger partial charge on any atom is -0.0227 e. The zero-order valence-electron chi connectivity index (χ0n) is 13.9. The first-order valence-corrected chi connectivity index (χ1v) is 11.6. The molecule has 0 aromatic carbocycles. The fraction of sp³-hybridized carbons (Fsp3) is 1.00. The van der Waals surface area contributed by atoms with Crippen molar-refractivity contribution in [1.82, 2.24) is 0 Å². The molecule has 0 unspecified atom stereocenters. The molecular formula is C17H34P2. The van der Waals surface area contributed by atoms with Crippen LogP contribution in [0, 0.1) is 0 Å². The monoisotopic (exact) mass is 300 g/mol. The summed E-state index contributed by atoms with van der Waals surface area (Å²) in [6.07, 6.45) is 7.56. The molecule has 112 valence electrons. The van der Waals surface area contributed by atoms with Gasteiger partial charge in [0.05, 0.1) is 0 Å². The zero-order valence-corrected chi connectivity index (χ0v) is 15.7. The van der Waals surface area contributed by atoms with Gasteiger partial charge in [-0.15, -0.1) is 0 Å². The molecule has 2 fully saturated rings. The van der Waals surface area contributed by atoms with Crippen molar-refractivity contribution in [1.29, 1.82) is 0 Å². The van der Waals surface area contributed by atoms with Crippen LogP contribution in [0.2, 0.25) is 0 Å². The lowest BCUT2D eigenvalue weighted by molar-refractivity contribution is 0.767. The second-order valence-corrected chi connectivity index (χ2v) is 14.5. The molecule has 0 N–H and O–H groups in total. The molecule has 0 amide bonds. The molecule has 0 aromatic rings. The van der Waals surface area contributed by atoms with Crippen LogP contribution in [-0.2, 0) is 0 Å². The molecule has 6 atom stereocenters. The van der Waals surface area contributed by atoms with Crippen LogP contribution in [0.4, 0.5) is 0 Å². The Balaban J connectivity index is 1.93. The van der Waals surface area contributed by atoms with Crippen molar-refractivity contribution < 1.29 is 0 Å². The highest BCUT2D eigenvalue weighted by atomic mass is 31.1. The first-order valence-electron chi connectivity index (χ1n) is 8.46. The summed E-state index contributed by atoms with van der Waals surface area (Å²) in [5.41, 5.74) is 6.19. The summed E-state index contributed by atoms with van der Waals surface area (Å²) in [5.74, 6) is 0. The lowest BCUT2D eigenvalue weighted by atomic mass is 10.2. The first-order chi connectivity index (χ1) is 8.91. The fourth-order valence-electron chi connectivity index (χ4n) is 4.90. The Morgan fingerprint density at radius 1 is 0.684 bits per heavy atom. The average molecular weight is 300 g/mol. The van der Waals surface area contributed by atoms with Crippen molar-refractivity contribution in [3.05, 3.63) is 0 Å². The van der Waals surface area contributed by atoms with Crippen LogP contribution in [-0.4, -0.2) is 34.0 Å². The summed E-state index contributed by atoms with van der Waals surface area (Å²) < 4.78 is 0. The average Bonchev–Trinajstić information content (AvgIpc) is 2.82. The molecule has 0 radical (unpaired) electrons. The SMILES string of the molecule is C[C@@H]1CC[C@@H](C)P1[C@@H](C)C[C@H](C)P1[C@H](C)CC[C@H]1C. The van der Waals surface area contributed by atoms with Gasteiger partial charge in [0.2, 0.25) is 0 Å². The van der Waals surface area contributed by atoms with E-state index in [1.807, 2.05) is 0 Å². The van der Waals surface area contributed by atoms with Crippen molar-refractivity contribution in [3.8, 4) is 0 Å². The van der Waals surface area contributed by atoms with Gasteiger partial charge >= 0.3 is 0 Å². The van der Waals surface area contributed by atoms with Crippen molar-refractivity contribution in [2.24, 2.45) is 0 Å². The van der Waals surface area contributed by atoms with Crippen LogP contribution in [0.5, 0.6) is 0 Å². The van der Waals surface area contributed by atoms with Crippen LogP contribution >= 0.6 is 15.8 Å². The lowest BCUT2D eigenvalue weighted by Crippen LogP contribution is -2.18. The first kappa shape index (κ1) is 16.2. The van der Waals surface area contributed by atoms with Crippen LogP contribution in [0.1, 0.15) is 73.6 Å². The summed E-state index contributed by atoms with van der Waals surface area (Å²) in [5, 5.41) is 0. The van der Waals surface area contributed by atoms with E-state index in [1.165, 1.54) is 32.1 Å². The molecule has 2 rings (SSSR count). The van der Waals surface area contributed by atoms with Crippen molar-refractivity contribution in [2.75, 3.05) is 0 Å².